The molecule has 1 fully saturated rings. The molecule has 0 unspecified atom stereocenters. The number of carbonyl (C=O) groups is 2. The first-order chi connectivity index (χ1) is 10.9. The third-order valence-corrected chi connectivity index (χ3v) is 3.95. The molecule has 0 saturated carbocycles. The minimum Gasteiger partial charge on any atom is -0.345 e. The van der Waals surface area contributed by atoms with Crippen molar-refractivity contribution in [2.45, 2.75) is 20.3 Å². The first kappa shape index (κ1) is 15.2. The number of amides is 2. The second-order valence-corrected chi connectivity index (χ2v) is 5.91. The van der Waals surface area contributed by atoms with Crippen LogP contribution in [0.3, 0.4) is 0 Å². The summed E-state index contributed by atoms with van der Waals surface area (Å²) in [6, 6.07) is 5.57. The molecule has 23 heavy (non-hydrogen) atoms. The van der Waals surface area contributed by atoms with E-state index in [4.69, 9.17) is 0 Å². The molecule has 0 bridgehead atoms. The van der Waals surface area contributed by atoms with Gasteiger partial charge in [0, 0.05) is 25.7 Å². The fraction of sp³-hybridized carbons (Fsp3) is 0.375. The number of aromatic nitrogens is 3. The molecule has 0 spiro atoms. The predicted molar refractivity (Wildman–Crippen MR) is 85.2 cm³/mol. The highest BCUT2D eigenvalue weighted by atomic mass is 16.2. The Bertz CT molecular complexity index is 750. The lowest BCUT2D eigenvalue weighted by molar-refractivity contribution is -0.127. The molecule has 7 nitrogen and oxygen atoms in total. The lowest BCUT2D eigenvalue weighted by atomic mass is 10.1. The summed E-state index contributed by atoms with van der Waals surface area (Å²) in [4.78, 5) is 29.6. The maximum atomic E-state index is 12.2. The molecule has 120 valence electrons. The van der Waals surface area contributed by atoms with Gasteiger partial charge in [-0.3, -0.25) is 9.59 Å². The maximum Gasteiger partial charge on any atom is 0.229 e. The van der Waals surface area contributed by atoms with Crippen molar-refractivity contribution in [3.63, 3.8) is 0 Å². The second-order valence-electron chi connectivity index (χ2n) is 5.91. The van der Waals surface area contributed by atoms with Crippen LogP contribution in [0.5, 0.6) is 0 Å². The average Bonchev–Trinajstić information content (AvgIpc) is 3.02. The van der Waals surface area contributed by atoms with Crippen molar-refractivity contribution >= 4 is 17.5 Å². The Labute approximate surface area is 134 Å². The predicted octanol–water partition coefficient (Wildman–Crippen LogP) is 1.30. The number of anilines is 1. The molecular weight excluding hydrogens is 294 g/mol. The van der Waals surface area contributed by atoms with Crippen LogP contribution in [0.4, 0.5) is 5.69 Å². The van der Waals surface area contributed by atoms with Crippen LogP contribution in [-0.2, 0) is 9.59 Å². The summed E-state index contributed by atoms with van der Waals surface area (Å²) in [6.07, 6.45) is 1.86. The van der Waals surface area contributed by atoms with Crippen LogP contribution in [0.1, 0.15) is 17.8 Å². The normalized spacial score (nSPS) is 17.6. The molecule has 1 N–H and O–H groups in total. The Morgan fingerprint density at radius 3 is 2.65 bits per heavy atom. The van der Waals surface area contributed by atoms with Gasteiger partial charge in [0.15, 0.2) is 5.82 Å². The van der Waals surface area contributed by atoms with Crippen LogP contribution in [0.15, 0.2) is 24.4 Å². The van der Waals surface area contributed by atoms with Crippen molar-refractivity contribution in [2.75, 3.05) is 18.9 Å². The second kappa shape index (κ2) is 5.83. The molecular formula is C16H19N5O2. The summed E-state index contributed by atoms with van der Waals surface area (Å²) in [5.41, 5.74) is 2.54. The van der Waals surface area contributed by atoms with Gasteiger partial charge in [-0.1, -0.05) is 0 Å². The molecule has 3 rings (SSSR count). The molecule has 1 aliphatic rings. The van der Waals surface area contributed by atoms with Gasteiger partial charge in [-0.2, -0.15) is 5.10 Å². The van der Waals surface area contributed by atoms with Crippen LogP contribution >= 0.6 is 0 Å². The lowest BCUT2D eigenvalue weighted by Crippen LogP contribution is -2.25. The van der Waals surface area contributed by atoms with E-state index in [1.165, 1.54) is 0 Å². The zero-order valence-electron chi connectivity index (χ0n) is 13.4. The number of pyridine rings is 1. The van der Waals surface area contributed by atoms with E-state index in [9.17, 15) is 9.59 Å². The highest BCUT2D eigenvalue weighted by Gasteiger charge is 2.32. The van der Waals surface area contributed by atoms with E-state index in [0.29, 0.717) is 18.1 Å². The van der Waals surface area contributed by atoms with Gasteiger partial charge in [0.05, 0.1) is 23.5 Å². The van der Waals surface area contributed by atoms with E-state index < -0.39 is 0 Å². The number of rotatable bonds is 3. The van der Waals surface area contributed by atoms with E-state index in [1.54, 1.807) is 35.0 Å². The first-order valence-electron chi connectivity index (χ1n) is 7.48. The minimum atomic E-state index is -0.303. The molecule has 2 amide bonds. The number of hydrogen-bond acceptors (Lipinski definition) is 4. The van der Waals surface area contributed by atoms with Gasteiger partial charge in [0.2, 0.25) is 11.8 Å². The van der Waals surface area contributed by atoms with E-state index in [2.05, 4.69) is 15.4 Å². The van der Waals surface area contributed by atoms with Crippen LogP contribution in [0.2, 0.25) is 0 Å². The fourth-order valence-electron chi connectivity index (χ4n) is 2.73. The van der Waals surface area contributed by atoms with Crippen molar-refractivity contribution in [2.24, 2.45) is 5.92 Å². The standard InChI is InChI=1S/C16H19N5O2/c1-10-6-11(2)21(19-10)14-5-4-13(8-17-14)18-16(23)12-7-15(22)20(3)9-12/h4-6,8,12H,7,9H2,1-3H3,(H,18,23)/t12-/m0/s1. The SMILES string of the molecule is Cc1cc(C)n(-c2ccc(NC(=O)[C@H]3CC(=O)N(C)C3)cn2)n1. The van der Waals surface area contributed by atoms with Gasteiger partial charge < -0.3 is 10.2 Å². The van der Waals surface area contributed by atoms with Crippen LogP contribution in [-0.4, -0.2) is 45.1 Å². The molecule has 0 aromatic carbocycles. The first-order valence-corrected chi connectivity index (χ1v) is 7.48. The molecule has 3 heterocycles. The summed E-state index contributed by atoms with van der Waals surface area (Å²) >= 11 is 0. The largest absolute Gasteiger partial charge is 0.345 e. The Balaban J connectivity index is 1.69. The fourth-order valence-corrected chi connectivity index (χ4v) is 2.73. The Morgan fingerprint density at radius 1 is 1.35 bits per heavy atom. The van der Waals surface area contributed by atoms with Crippen molar-refractivity contribution in [3.05, 3.63) is 35.8 Å². The minimum absolute atomic E-state index is 0.00292. The van der Waals surface area contributed by atoms with E-state index in [0.717, 1.165) is 11.4 Å². The molecule has 2 aromatic rings. The summed E-state index contributed by atoms with van der Waals surface area (Å²) in [6.45, 7) is 4.35. The molecule has 1 saturated heterocycles. The number of nitrogens with one attached hydrogen (secondary N) is 1. The van der Waals surface area contributed by atoms with Gasteiger partial charge in [-0.25, -0.2) is 9.67 Å². The zero-order chi connectivity index (χ0) is 16.6. The molecule has 1 atom stereocenters. The third-order valence-electron chi connectivity index (χ3n) is 3.95. The summed E-state index contributed by atoms with van der Waals surface area (Å²) in [7, 11) is 1.71. The highest BCUT2D eigenvalue weighted by Crippen LogP contribution is 2.19. The van der Waals surface area contributed by atoms with Gasteiger partial charge in [-0.15, -0.1) is 0 Å². The Hall–Kier alpha value is -2.70. The topological polar surface area (TPSA) is 80.1 Å². The maximum absolute atomic E-state index is 12.2. The quantitative estimate of drug-likeness (QED) is 0.926. The van der Waals surface area contributed by atoms with Crippen molar-refractivity contribution in [1.82, 2.24) is 19.7 Å². The van der Waals surface area contributed by atoms with Crippen LogP contribution < -0.4 is 5.32 Å². The molecule has 7 heteroatoms. The van der Waals surface area contributed by atoms with Gasteiger partial charge >= 0.3 is 0 Å². The smallest absolute Gasteiger partial charge is 0.229 e. The number of hydrogen-bond donors (Lipinski definition) is 1. The molecule has 0 aliphatic carbocycles. The average molecular weight is 313 g/mol. The van der Waals surface area contributed by atoms with Gasteiger partial charge in [0.1, 0.15) is 0 Å². The zero-order valence-corrected chi connectivity index (χ0v) is 13.4. The Morgan fingerprint density at radius 2 is 2.13 bits per heavy atom. The van der Waals surface area contributed by atoms with Crippen LogP contribution in [0.25, 0.3) is 5.82 Å². The molecule has 1 aliphatic heterocycles. The van der Waals surface area contributed by atoms with Gasteiger partial charge in [-0.05, 0) is 32.0 Å². The van der Waals surface area contributed by atoms with E-state index in [1.807, 2.05) is 19.9 Å². The van der Waals surface area contributed by atoms with Crippen molar-refractivity contribution < 1.29 is 9.59 Å². The van der Waals surface area contributed by atoms with E-state index in [-0.39, 0.29) is 24.2 Å². The lowest BCUT2D eigenvalue weighted by Gasteiger charge is -2.11. The summed E-state index contributed by atoms with van der Waals surface area (Å²) in [5, 5.41) is 7.19. The van der Waals surface area contributed by atoms with Crippen molar-refractivity contribution in [3.8, 4) is 5.82 Å². The van der Waals surface area contributed by atoms with E-state index >= 15 is 0 Å². The number of aryl methyl sites for hydroxylation is 2. The Kier molecular flexibility index (Phi) is 3.85. The third kappa shape index (κ3) is 3.08. The highest BCUT2D eigenvalue weighted by molar-refractivity contribution is 5.97. The summed E-state index contributed by atoms with van der Waals surface area (Å²) in [5.74, 6) is 0.249. The molecule has 2 aromatic heterocycles. The van der Waals surface area contributed by atoms with Crippen LogP contribution in [0, 0.1) is 19.8 Å². The van der Waals surface area contributed by atoms with Crippen molar-refractivity contribution in [1.29, 1.82) is 0 Å². The van der Waals surface area contributed by atoms with Gasteiger partial charge in [0.25, 0.3) is 0 Å². The molecule has 0 radical (unpaired) electrons. The number of carbonyl (C=O) groups excluding carboxylic acids is 2. The number of likely N-dealkylation sites (tertiary alicyclic amines) is 1. The number of nitrogens with zero attached hydrogens (tertiary/aromatic N) is 4. The monoisotopic (exact) mass is 313 g/mol. The summed E-state index contributed by atoms with van der Waals surface area (Å²) < 4.78 is 1.76.